The van der Waals surface area contributed by atoms with E-state index in [2.05, 4.69) is 5.32 Å². The monoisotopic (exact) mass is 293 g/mol. The van der Waals surface area contributed by atoms with Gasteiger partial charge in [-0.3, -0.25) is 4.79 Å². The van der Waals surface area contributed by atoms with Gasteiger partial charge in [-0.05, 0) is 18.1 Å². The van der Waals surface area contributed by atoms with Gasteiger partial charge in [0.15, 0.2) is 0 Å². The fourth-order valence-corrected chi connectivity index (χ4v) is 2.32. The zero-order chi connectivity index (χ0) is 15.2. The van der Waals surface area contributed by atoms with E-state index in [0.29, 0.717) is 25.4 Å². The highest BCUT2D eigenvalue weighted by atomic mass is 16.5. The highest BCUT2D eigenvalue weighted by Gasteiger charge is 2.28. The first-order valence-electron chi connectivity index (χ1n) is 6.84. The Labute approximate surface area is 123 Å². The Morgan fingerprint density at radius 1 is 1.48 bits per heavy atom. The molecule has 0 unspecified atom stereocenters. The number of ether oxygens (including phenoxy) is 2. The van der Waals surface area contributed by atoms with E-state index < -0.39 is 12.0 Å². The molecule has 2 N–H and O–H groups in total. The van der Waals surface area contributed by atoms with Gasteiger partial charge in [0.1, 0.15) is 11.8 Å². The topological polar surface area (TPSA) is 84.9 Å². The van der Waals surface area contributed by atoms with Crippen LogP contribution in [0.2, 0.25) is 0 Å². The van der Waals surface area contributed by atoms with Crippen molar-refractivity contribution in [3.8, 4) is 5.75 Å². The molecule has 114 valence electrons. The quantitative estimate of drug-likeness (QED) is 0.812. The molecule has 0 saturated carbocycles. The minimum atomic E-state index is -1.06. The molecule has 1 amide bonds. The molecular weight excluding hydrogens is 274 g/mol. The lowest BCUT2D eigenvalue weighted by Gasteiger charge is -2.18. The number of carboxylic acid groups (broad SMARTS) is 1. The lowest BCUT2D eigenvalue weighted by molar-refractivity contribution is -0.142. The van der Waals surface area contributed by atoms with Crippen molar-refractivity contribution in [3.05, 3.63) is 29.8 Å². The summed E-state index contributed by atoms with van der Waals surface area (Å²) in [6.07, 6.45) is 0.811. The Morgan fingerprint density at radius 3 is 2.86 bits per heavy atom. The summed E-state index contributed by atoms with van der Waals surface area (Å²) < 4.78 is 10.4. The number of carboxylic acids is 1. The number of hydrogen-bond donors (Lipinski definition) is 2. The third kappa shape index (κ3) is 3.95. The van der Waals surface area contributed by atoms with Crippen molar-refractivity contribution in [2.45, 2.75) is 18.9 Å². The minimum absolute atomic E-state index is 0.179. The summed E-state index contributed by atoms with van der Waals surface area (Å²) in [5.41, 5.74) is 0.746. The summed E-state index contributed by atoms with van der Waals surface area (Å²) in [7, 11) is 1.53. The molecule has 2 rings (SSSR count). The fraction of sp³-hybridized carbons (Fsp3) is 0.467. The standard InChI is InChI=1S/C15H19NO5/c1-20-13-5-3-2-4-10(13)8-12(15(18)19)16-14(17)11-6-7-21-9-11/h2-5,11-12H,6-9H2,1H3,(H,16,17)(H,18,19)/t11-,12+/m1/s1. The van der Waals surface area contributed by atoms with Crippen molar-refractivity contribution in [2.24, 2.45) is 5.92 Å². The maximum absolute atomic E-state index is 12.0. The van der Waals surface area contributed by atoms with Crippen LogP contribution >= 0.6 is 0 Å². The summed E-state index contributed by atoms with van der Waals surface area (Å²) in [4.78, 5) is 23.4. The van der Waals surface area contributed by atoms with Crippen molar-refractivity contribution >= 4 is 11.9 Å². The van der Waals surface area contributed by atoms with Crippen molar-refractivity contribution in [3.63, 3.8) is 0 Å². The number of carbonyl (C=O) groups excluding carboxylic acids is 1. The van der Waals surface area contributed by atoms with Crippen molar-refractivity contribution in [1.29, 1.82) is 0 Å². The number of methoxy groups -OCH3 is 1. The van der Waals surface area contributed by atoms with E-state index in [1.807, 2.05) is 12.1 Å². The molecule has 1 aromatic carbocycles. The first-order chi connectivity index (χ1) is 10.1. The van der Waals surface area contributed by atoms with Crippen LogP contribution < -0.4 is 10.1 Å². The minimum Gasteiger partial charge on any atom is -0.496 e. The second-order valence-corrected chi connectivity index (χ2v) is 4.98. The van der Waals surface area contributed by atoms with Gasteiger partial charge in [-0.25, -0.2) is 4.79 Å². The summed E-state index contributed by atoms with van der Waals surface area (Å²) >= 11 is 0. The van der Waals surface area contributed by atoms with Crippen LogP contribution in [0.25, 0.3) is 0 Å². The van der Waals surface area contributed by atoms with E-state index >= 15 is 0 Å². The molecule has 1 fully saturated rings. The van der Waals surface area contributed by atoms with Gasteiger partial charge in [-0.1, -0.05) is 18.2 Å². The van der Waals surface area contributed by atoms with Crippen LogP contribution in [0.4, 0.5) is 0 Å². The number of hydrogen-bond acceptors (Lipinski definition) is 4. The molecule has 6 nitrogen and oxygen atoms in total. The Balaban J connectivity index is 2.05. The number of carbonyl (C=O) groups is 2. The molecule has 1 heterocycles. The molecular formula is C15H19NO5. The smallest absolute Gasteiger partial charge is 0.326 e. The van der Waals surface area contributed by atoms with Crippen LogP contribution in [-0.2, 0) is 20.7 Å². The average molecular weight is 293 g/mol. The Hall–Kier alpha value is -2.08. The van der Waals surface area contributed by atoms with E-state index in [9.17, 15) is 14.7 Å². The van der Waals surface area contributed by atoms with E-state index in [1.54, 1.807) is 12.1 Å². The second kappa shape index (κ2) is 7.08. The number of amides is 1. The van der Waals surface area contributed by atoms with Crippen LogP contribution in [0, 0.1) is 5.92 Å². The molecule has 0 spiro atoms. The van der Waals surface area contributed by atoms with Gasteiger partial charge >= 0.3 is 5.97 Å². The molecule has 2 atom stereocenters. The predicted molar refractivity (Wildman–Crippen MR) is 75.2 cm³/mol. The summed E-state index contributed by atoms with van der Waals surface area (Å²) in [5, 5.41) is 11.9. The summed E-state index contributed by atoms with van der Waals surface area (Å²) in [6.45, 7) is 0.898. The second-order valence-electron chi connectivity index (χ2n) is 4.98. The molecule has 1 saturated heterocycles. The molecule has 21 heavy (non-hydrogen) atoms. The molecule has 1 aliphatic heterocycles. The normalized spacial score (nSPS) is 19.0. The molecule has 0 aliphatic carbocycles. The van der Waals surface area contributed by atoms with Gasteiger partial charge in [0.25, 0.3) is 0 Å². The number of nitrogens with one attached hydrogen (secondary N) is 1. The number of aliphatic carboxylic acids is 1. The van der Waals surface area contributed by atoms with Gasteiger partial charge in [0.05, 0.1) is 19.6 Å². The van der Waals surface area contributed by atoms with Crippen LogP contribution in [0.1, 0.15) is 12.0 Å². The number of para-hydroxylation sites is 1. The predicted octanol–water partition coefficient (Wildman–Crippen LogP) is 0.844. The molecule has 0 aromatic heterocycles. The summed E-state index contributed by atoms with van der Waals surface area (Å²) in [5.74, 6) is -0.977. The highest BCUT2D eigenvalue weighted by Crippen LogP contribution is 2.19. The number of rotatable bonds is 6. The maximum atomic E-state index is 12.0. The van der Waals surface area contributed by atoms with Crippen LogP contribution in [0.3, 0.4) is 0 Å². The Morgan fingerprint density at radius 2 is 2.24 bits per heavy atom. The Bertz CT molecular complexity index is 511. The van der Waals surface area contributed by atoms with Crippen molar-refractivity contribution < 1.29 is 24.2 Å². The lowest BCUT2D eigenvalue weighted by Crippen LogP contribution is -2.45. The average Bonchev–Trinajstić information content (AvgIpc) is 3.01. The molecule has 1 aliphatic rings. The zero-order valence-electron chi connectivity index (χ0n) is 11.9. The first-order valence-corrected chi connectivity index (χ1v) is 6.84. The lowest BCUT2D eigenvalue weighted by atomic mass is 10.0. The molecule has 1 aromatic rings. The van der Waals surface area contributed by atoms with Crippen LogP contribution in [-0.4, -0.2) is 43.3 Å². The van der Waals surface area contributed by atoms with E-state index in [1.165, 1.54) is 7.11 Å². The van der Waals surface area contributed by atoms with Gasteiger partial charge in [0, 0.05) is 13.0 Å². The SMILES string of the molecule is COc1ccccc1C[C@H](NC(=O)[C@@H]1CCOC1)C(=O)O. The van der Waals surface area contributed by atoms with Gasteiger partial charge < -0.3 is 19.9 Å². The van der Waals surface area contributed by atoms with Crippen LogP contribution in [0.5, 0.6) is 5.75 Å². The fourth-order valence-electron chi connectivity index (χ4n) is 2.32. The van der Waals surface area contributed by atoms with Gasteiger partial charge in [-0.2, -0.15) is 0 Å². The molecule has 0 radical (unpaired) electrons. The maximum Gasteiger partial charge on any atom is 0.326 e. The third-order valence-electron chi connectivity index (χ3n) is 3.53. The van der Waals surface area contributed by atoms with Gasteiger partial charge in [-0.15, -0.1) is 0 Å². The third-order valence-corrected chi connectivity index (χ3v) is 3.53. The Kier molecular flexibility index (Phi) is 5.16. The largest absolute Gasteiger partial charge is 0.496 e. The summed E-state index contributed by atoms with van der Waals surface area (Å²) in [6, 6.07) is 6.20. The van der Waals surface area contributed by atoms with E-state index in [-0.39, 0.29) is 18.2 Å². The molecule has 0 bridgehead atoms. The van der Waals surface area contributed by atoms with Crippen molar-refractivity contribution in [2.75, 3.05) is 20.3 Å². The van der Waals surface area contributed by atoms with Gasteiger partial charge in [0.2, 0.25) is 5.91 Å². The first kappa shape index (κ1) is 15.3. The zero-order valence-corrected chi connectivity index (χ0v) is 11.9. The highest BCUT2D eigenvalue weighted by molar-refractivity contribution is 5.85. The number of benzene rings is 1. The molecule has 6 heteroatoms. The van der Waals surface area contributed by atoms with E-state index in [4.69, 9.17) is 9.47 Å². The van der Waals surface area contributed by atoms with Crippen LogP contribution in [0.15, 0.2) is 24.3 Å². The van der Waals surface area contributed by atoms with E-state index in [0.717, 1.165) is 5.56 Å². The van der Waals surface area contributed by atoms with Crippen molar-refractivity contribution in [1.82, 2.24) is 5.32 Å².